The van der Waals surface area contributed by atoms with Crippen molar-refractivity contribution >= 4 is 50.6 Å². The minimum Gasteiger partial charge on any atom is -0.458 e. The Morgan fingerprint density at radius 1 is 0.449 bits per heavy atom. The van der Waals surface area contributed by atoms with Crippen molar-refractivity contribution in [3.63, 3.8) is 0 Å². The van der Waals surface area contributed by atoms with Crippen molar-refractivity contribution in [2.45, 2.75) is 26.2 Å². The van der Waals surface area contributed by atoms with Gasteiger partial charge in [-0.2, -0.15) is 0 Å². The maximum absolute atomic E-state index is 6.86. The Kier molecular flexibility index (Phi) is 11.3. The van der Waals surface area contributed by atoms with E-state index in [1.165, 1.54) is 48.4 Å². The van der Waals surface area contributed by atoms with E-state index in [0.29, 0.717) is 0 Å². The molecule has 0 saturated carbocycles. The van der Waals surface area contributed by atoms with Gasteiger partial charge in [0, 0.05) is 29.2 Å². The molecule has 1 aliphatic heterocycles. The van der Waals surface area contributed by atoms with Crippen LogP contribution in [0.2, 0.25) is 0 Å². The van der Waals surface area contributed by atoms with Gasteiger partial charge in [-0.3, -0.25) is 13.7 Å². The van der Waals surface area contributed by atoms with Crippen LogP contribution in [0.1, 0.15) is 26.3 Å². The van der Waals surface area contributed by atoms with E-state index in [4.69, 9.17) is 9.72 Å². The van der Waals surface area contributed by atoms with E-state index in [1.54, 1.807) is 0 Å². The second-order valence-corrected chi connectivity index (χ2v) is 25.1. The summed E-state index contributed by atoms with van der Waals surface area (Å²) in [4.78, 5) is 4.92. The summed E-state index contributed by atoms with van der Waals surface area (Å²) in [6.07, 6.45) is 8.07. The van der Waals surface area contributed by atoms with E-state index in [9.17, 15) is 0 Å². The van der Waals surface area contributed by atoms with Gasteiger partial charge in [0.05, 0.1) is 28.1 Å². The Balaban J connectivity index is 0.924. The van der Waals surface area contributed by atoms with Crippen molar-refractivity contribution in [2.75, 3.05) is 0 Å². The number of benzene rings is 10. The third-order valence-corrected chi connectivity index (χ3v) is 20.5. The highest BCUT2D eigenvalue weighted by atomic mass is 28.3. The summed E-state index contributed by atoms with van der Waals surface area (Å²) in [6, 6.07) is 94.9. The zero-order valence-electron chi connectivity index (χ0n) is 43.7. The smallest absolute Gasteiger partial charge is 0.269 e. The lowest BCUT2D eigenvalue weighted by Gasteiger charge is -2.34. The zero-order chi connectivity index (χ0) is 52.4. The van der Waals surface area contributed by atoms with E-state index in [1.807, 2.05) is 12.3 Å². The molecule has 78 heavy (non-hydrogen) atoms. The predicted molar refractivity (Wildman–Crippen MR) is 322 cm³/mol. The number of hydrogen-bond acceptors (Lipinski definition) is 2. The molecule has 0 saturated heterocycles. The molecule has 3 aromatic heterocycles. The number of imidazole rings is 1. The van der Waals surface area contributed by atoms with Crippen LogP contribution in [0.15, 0.2) is 273 Å². The molecule has 0 bridgehead atoms. The van der Waals surface area contributed by atoms with Crippen LogP contribution in [-0.2, 0) is 5.41 Å². The van der Waals surface area contributed by atoms with E-state index in [-0.39, 0.29) is 5.41 Å². The molecule has 0 unspecified atom stereocenters. The van der Waals surface area contributed by atoms with Crippen molar-refractivity contribution < 1.29 is 9.30 Å². The highest BCUT2D eigenvalue weighted by Crippen LogP contribution is 2.44. The first kappa shape index (κ1) is 46.9. The zero-order valence-corrected chi connectivity index (χ0v) is 44.7. The van der Waals surface area contributed by atoms with Crippen molar-refractivity contribution in [3.05, 3.63) is 285 Å². The number of fused-ring (bicyclic) bond motifs is 11. The van der Waals surface area contributed by atoms with Crippen molar-refractivity contribution in [3.8, 4) is 73.3 Å². The molecule has 372 valence electrons. The number of pyridine rings is 1. The van der Waals surface area contributed by atoms with E-state index >= 15 is 0 Å². The molecule has 0 amide bonds. The van der Waals surface area contributed by atoms with Gasteiger partial charge in [0.15, 0.2) is 8.07 Å². The fraction of sp³-hybridized carbons (Fsp3) is 0.0556. The minimum atomic E-state index is -2.85. The summed E-state index contributed by atoms with van der Waals surface area (Å²) < 4.78 is 13.5. The number of ether oxygens (including phenoxy) is 1. The largest absolute Gasteiger partial charge is 0.458 e. The topological polar surface area (TPSA) is 35.9 Å². The molecule has 0 N–H and O–H groups in total. The van der Waals surface area contributed by atoms with Gasteiger partial charge in [-0.25, -0.2) is 4.98 Å². The average molecular weight is 1020 g/mol. The Morgan fingerprint density at radius 3 is 1.71 bits per heavy atom. The fourth-order valence-electron chi connectivity index (χ4n) is 12.1. The van der Waals surface area contributed by atoms with Gasteiger partial charge >= 0.3 is 0 Å². The number of aromatic nitrogens is 4. The Bertz CT molecular complexity index is 4300. The first-order valence-corrected chi connectivity index (χ1v) is 28.8. The number of para-hydroxylation sites is 2. The van der Waals surface area contributed by atoms with Gasteiger partial charge < -0.3 is 4.74 Å². The first-order valence-electron chi connectivity index (χ1n) is 26.8. The molecule has 0 aliphatic carbocycles. The van der Waals surface area contributed by atoms with Crippen LogP contribution in [0, 0.1) is 6.33 Å². The van der Waals surface area contributed by atoms with Gasteiger partial charge in [-0.1, -0.05) is 227 Å². The fourth-order valence-corrected chi connectivity index (χ4v) is 16.9. The van der Waals surface area contributed by atoms with Crippen LogP contribution in [0.3, 0.4) is 0 Å². The van der Waals surface area contributed by atoms with E-state index in [2.05, 4.69) is 302 Å². The standard InChI is InChI=1S/C72H54N4OSi/c1-72(2,3)51-42-43-73-70(45-51)76-67-39-18-17-36-64(67)65-41-40-54(47-68(65)76)77-53-24-20-23-52(46-53)74-48-69-63-35-16-15-33-61(63)60-32-13-14-34-62(60)66-38-21-37-59(71(66)75(69)49-74)50-22-19-31-58(44-50)78(55-25-7-4-8-26-55,56-27-9-5-10-28-56)57-29-11-6-12-30-57/h4-48H,1-3H3. The number of hydrogen-bond donors (Lipinski definition) is 0. The summed E-state index contributed by atoms with van der Waals surface area (Å²) in [5, 5.41) is 7.64. The third-order valence-electron chi connectivity index (χ3n) is 15.7. The number of nitrogens with zero attached hydrogens (tertiary/aromatic N) is 4. The lowest BCUT2D eigenvalue weighted by atomic mass is 9.87. The first-order chi connectivity index (χ1) is 38.3. The molecule has 0 radical (unpaired) electrons. The summed E-state index contributed by atoms with van der Waals surface area (Å²) in [5.41, 5.74) is 14.4. The average Bonchev–Trinajstić information content (AvgIpc) is 4.18. The highest BCUT2D eigenvalue weighted by molar-refractivity contribution is 7.19. The lowest BCUT2D eigenvalue weighted by Crippen LogP contribution is -2.74. The van der Waals surface area contributed by atoms with Crippen molar-refractivity contribution in [1.82, 2.24) is 14.1 Å². The normalized spacial score (nSPS) is 12.0. The molecule has 6 heteroatoms. The summed E-state index contributed by atoms with van der Waals surface area (Å²) in [6.45, 7) is 6.72. The molecule has 13 aromatic rings. The van der Waals surface area contributed by atoms with Crippen LogP contribution >= 0.6 is 0 Å². The van der Waals surface area contributed by atoms with Crippen molar-refractivity contribution in [1.29, 1.82) is 0 Å². The summed E-state index contributed by atoms with van der Waals surface area (Å²) >= 11 is 0. The monoisotopic (exact) mass is 1020 g/mol. The predicted octanol–water partition coefficient (Wildman–Crippen LogP) is 14.5. The quantitative estimate of drug-likeness (QED) is 0.0625. The molecular weight excluding hydrogens is 965 g/mol. The molecule has 4 heterocycles. The molecule has 0 spiro atoms. The van der Waals surface area contributed by atoms with E-state index < -0.39 is 8.07 Å². The Morgan fingerprint density at radius 2 is 1.00 bits per heavy atom. The van der Waals surface area contributed by atoms with Crippen molar-refractivity contribution in [2.24, 2.45) is 0 Å². The Labute approximate surface area is 456 Å². The van der Waals surface area contributed by atoms with Crippen LogP contribution in [0.5, 0.6) is 11.5 Å². The molecule has 5 nitrogen and oxygen atoms in total. The van der Waals surface area contributed by atoms with E-state index in [0.717, 1.165) is 73.1 Å². The second-order valence-electron chi connectivity index (χ2n) is 21.3. The maximum atomic E-state index is 6.86. The molecular formula is C72H54N4OSi. The summed E-state index contributed by atoms with van der Waals surface area (Å²) in [5.74, 6) is 2.34. The van der Waals surface area contributed by atoms with Crippen LogP contribution < -0.4 is 30.1 Å². The van der Waals surface area contributed by atoms with Gasteiger partial charge in [-0.05, 0) is 119 Å². The van der Waals surface area contributed by atoms with Gasteiger partial charge in [0.25, 0.3) is 6.33 Å². The Hall–Kier alpha value is -9.62. The van der Waals surface area contributed by atoms with Crippen LogP contribution in [0.25, 0.3) is 83.6 Å². The summed E-state index contributed by atoms with van der Waals surface area (Å²) in [7, 11) is -2.85. The SMILES string of the molecule is CC(C)(C)c1ccnc(-n2c3ccccc3c3ccc(Oc4cccc(-n5[c-][n+]6c(c5)-c5ccccc5-c5ccccc5-c5cccc(-c7cccc([Si](c8ccccc8)(c8ccccc8)c8ccccc8)c7)c5-6)c4)cc32)c1. The molecule has 10 aromatic carbocycles. The van der Waals surface area contributed by atoms with Gasteiger partial charge in [0.1, 0.15) is 17.3 Å². The molecule has 0 atom stereocenters. The molecule has 1 aliphatic rings. The van der Waals surface area contributed by atoms with Crippen LogP contribution in [0.4, 0.5) is 0 Å². The third kappa shape index (κ3) is 7.83. The minimum absolute atomic E-state index is 0.0293. The lowest BCUT2D eigenvalue weighted by molar-refractivity contribution is -0.586. The number of rotatable bonds is 9. The molecule has 0 fully saturated rings. The highest BCUT2D eigenvalue weighted by Gasteiger charge is 2.41. The van der Waals surface area contributed by atoms with Gasteiger partial charge in [-0.15, -0.1) is 0 Å². The van der Waals surface area contributed by atoms with Crippen LogP contribution in [-0.4, -0.2) is 22.2 Å². The van der Waals surface area contributed by atoms with Gasteiger partial charge in [0.2, 0.25) is 0 Å². The molecule has 14 rings (SSSR count). The second kappa shape index (κ2) is 18.9. The maximum Gasteiger partial charge on any atom is 0.269 e.